The molecule has 0 saturated carbocycles. The van der Waals surface area contributed by atoms with Crippen molar-refractivity contribution in [1.29, 1.82) is 0 Å². The number of carbonyl (C=O) groups is 2. The molecule has 4 saturated heterocycles. The SMILES string of the molecule is C.CCCC(=O)c1ccccc1.Cl.Cn1c(Cl)nc(-c2ccncn2)cc1=O.Cn1c(N2CCOCCC2c2ccccc2)nc(-c2ccncn2)cc1=O.O=C1COCCC(c2ccccc2)N1Cc1ccccc1.O=C=O.OCCC(NCc1ccccc1)c1ccccc1.c1ccc(C2CCOCCN2)cc1.c1ccc(CN2CCOCCC2c2ccccc2)cc1. The van der Waals surface area contributed by atoms with E-state index in [2.05, 4.69) is 197 Å². The van der Waals surface area contributed by atoms with Crippen molar-refractivity contribution in [2.24, 2.45) is 14.1 Å². The predicted molar refractivity (Wildman–Crippen MR) is 513 cm³/mol. The minimum absolute atomic E-state index is 0. The van der Waals surface area contributed by atoms with Crippen molar-refractivity contribution in [2.75, 3.05) is 84.0 Å². The van der Waals surface area contributed by atoms with E-state index in [4.69, 9.17) is 50.2 Å². The Bertz CT molecular complexity index is 5450. The molecular formula is C104H119Cl2N13O11. The molecule has 3 N–H and O–H groups in total. The molecule has 0 radical (unpaired) electrons. The number of ketones is 1. The lowest BCUT2D eigenvalue weighted by molar-refractivity contribution is -0.191. The maximum atomic E-state index is 12.6. The fraction of sp³-hybridized carbons (Fsp3) is 0.298. The number of rotatable bonds is 20. The number of aliphatic hydroxyl groups is 1. The number of nitrogens with zero attached hydrogens (tertiary/aromatic N) is 11. The molecule has 5 atom stereocenters. The Kier molecular flexibility index (Phi) is 46.6. The third-order valence-electron chi connectivity index (χ3n) is 21.4. The number of halogens is 2. The summed E-state index contributed by atoms with van der Waals surface area (Å²) in [6.45, 7) is 12.7. The second-order valence-electron chi connectivity index (χ2n) is 30.2. The van der Waals surface area contributed by atoms with Gasteiger partial charge in [0.25, 0.3) is 11.1 Å². The van der Waals surface area contributed by atoms with Crippen LogP contribution in [0.4, 0.5) is 5.95 Å². The second-order valence-corrected chi connectivity index (χ2v) is 30.5. The number of anilines is 1. The van der Waals surface area contributed by atoms with Gasteiger partial charge in [0.2, 0.25) is 17.1 Å². The third kappa shape index (κ3) is 34.2. The van der Waals surface area contributed by atoms with E-state index in [1.165, 1.54) is 68.3 Å². The van der Waals surface area contributed by atoms with Crippen LogP contribution in [0.5, 0.6) is 0 Å². The summed E-state index contributed by atoms with van der Waals surface area (Å²) in [5.74, 6) is 0.925. The average molecular weight is 1800 g/mol. The van der Waals surface area contributed by atoms with Gasteiger partial charge in [0.1, 0.15) is 19.3 Å². The molecule has 8 heterocycles. The summed E-state index contributed by atoms with van der Waals surface area (Å²) in [5, 5.41) is 16.3. The summed E-state index contributed by atoms with van der Waals surface area (Å²) in [4.78, 5) is 95.4. The average Bonchev–Trinajstić information content (AvgIpc) is 1.06. The third-order valence-corrected chi connectivity index (χ3v) is 21.8. The van der Waals surface area contributed by atoms with Crippen LogP contribution in [-0.4, -0.2) is 151 Å². The van der Waals surface area contributed by atoms with Crippen LogP contribution >= 0.6 is 24.0 Å². The van der Waals surface area contributed by atoms with Gasteiger partial charge in [0.15, 0.2) is 5.78 Å². The topological polar surface area (TPSA) is 281 Å². The highest BCUT2D eigenvalue weighted by molar-refractivity contribution is 6.28. The Balaban J connectivity index is 0.000000189. The van der Waals surface area contributed by atoms with Crippen molar-refractivity contribution in [3.63, 3.8) is 0 Å². The Labute approximate surface area is 774 Å². The van der Waals surface area contributed by atoms with Gasteiger partial charge in [0, 0.05) is 141 Å². The molecule has 5 unspecified atom stereocenters. The molecule has 130 heavy (non-hydrogen) atoms. The van der Waals surface area contributed by atoms with Crippen molar-refractivity contribution in [2.45, 2.75) is 109 Å². The molecule has 0 bridgehead atoms. The Morgan fingerprint density at radius 2 is 0.946 bits per heavy atom. The zero-order chi connectivity index (χ0) is 90.0. The number of ether oxygens (including phenoxy) is 4. The van der Waals surface area contributed by atoms with Crippen molar-refractivity contribution in [1.82, 2.24) is 59.5 Å². The van der Waals surface area contributed by atoms with Crippen LogP contribution in [0.3, 0.4) is 0 Å². The lowest BCUT2D eigenvalue weighted by Gasteiger charge is -2.32. The quantitative estimate of drug-likeness (QED) is 0.0472. The van der Waals surface area contributed by atoms with Crippen molar-refractivity contribution in [3.05, 3.63) is 398 Å². The van der Waals surface area contributed by atoms with Crippen LogP contribution in [0, 0.1) is 0 Å². The minimum atomic E-state index is -0.219. The molecule has 0 aliphatic carbocycles. The summed E-state index contributed by atoms with van der Waals surface area (Å²) in [6, 6.07) is 100. The zero-order valence-electron chi connectivity index (χ0n) is 73.3. The van der Waals surface area contributed by atoms with Crippen molar-refractivity contribution >= 4 is 47.8 Å². The van der Waals surface area contributed by atoms with E-state index >= 15 is 0 Å². The number of aromatic nitrogens is 8. The van der Waals surface area contributed by atoms with E-state index in [1.54, 1.807) is 43.2 Å². The molecule has 24 nitrogen and oxygen atoms in total. The molecule has 4 aliphatic rings. The van der Waals surface area contributed by atoms with Gasteiger partial charge in [-0.2, -0.15) is 9.59 Å². The maximum absolute atomic E-state index is 12.6. The molecule has 4 aromatic heterocycles. The molecular weight excluding hydrogens is 1680 g/mol. The Morgan fingerprint density at radius 3 is 1.47 bits per heavy atom. The van der Waals surface area contributed by atoms with E-state index in [1.807, 2.05) is 133 Å². The number of carbonyl (C=O) groups excluding carboxylic acids is 4. The first-order chi connectivity index (χ1) is 62.8. The molecule has 4 aliphatic heterocycles. The smallest absolute Gasteiger partial charge is 0.373 e. The second kappa shape index (κ2) is 58.8. The molecule has 9 aromatic carbocycles. The zero-order valence-corrected chi connectivity index (χ0v) is 74.9. The molecule has 17 rings (SSSR count). The van der Waals surface area contributed by atoms with Gasteiger partial charge < -0.3 is 44.5 Å². The molecule has 1 amide bonds. The number of amides is 1. The summed E-state index contributed by atoms with van der Waals surface area (Å²) in [7, 11) is 3.31. The Hall–Kier alpha value is -12.5. The van der Waals surface area contributed by atoms with E-state index < -0.39 is 0 Å². The highest BCUT2D eigenvalue weighted by atomic mass is 35.5. The fourth-order valence-corrected chi connectivity index (χ4v) is 15.0. The highest BCUT2D eigenvalue weighted by Crippen LogP contribution is 2.33. The largest absolute Gasteiger partial charge is 0.396 e. The van der Waals surface area contributed by atoms with Crippen molar-refractivity contribution < 1.29 is 43.2 Å². The molecule has 680 valence electrons. The monoisotopic (exact) mass is 1800 g/mol. The standard InChI is InChI=1S/C20H21N5O2.C18H19NO2.C18H21NO.C16H19NO.C11H15NO.C10H12O.C9H7ClN4O.CO2.CH4.ClH/c1-24-19(26)13-17(16-7-9-21-14-22-16)23-20(24)25-10-12-27-11-8-18(25)15-5-3-2-4-6-15;20-18-14-21-12-11-17(16-9-5-2-6-10-16)19(18)13-15-7-3-1-4-8-15;1-3-7-16(8-4-1)15-19-12-14-20-13-11-18(19)17-9-5-2-6-10-17;18-12-11-16(15-9-5-2-6-10-15)17-13-14-7-3-1-4-8-14;1-2-4-10(5-3-1)11-6-8-13-9-7-12-11;1-2-6-10(11)9-7-4-3-5-8-9;1-14-8(15)4-7(13-9(14)10)6-2-3-11-5-12-6;2-1-3;;/h2-7,9,13-14,18H,8,10-12H2,1H3;1-10,17H,11-14H2;1-10,18H,11-15H2;1-10,16-18H,11-13H2;1-5,11-12H,6-9H2;3-5,7-8H,2,6H2,1H3;2-5H,1H3;;1H4;1H. The fourth-order valence-electron chi connectivity index (χ4n) is 14.8. The molecule has 26 heteroatoms. The first kappa shape index (κ1) is 103. The van der Waals surface area contributed by atoms with E-state index in [-0.39, 0.29) is 85.4 Å². The highest BCUT2D eigenvalue weighted by Gasteiger charge is 2.30. The molecule has 4 fully saturated rings. The number of hydrogen-bond acceptors (Lipinski definition) is 21. The lowest BCUT2D eigenvalue weighted by Crippen LogP contribution is -2.36. The number of benzene rings is 9. The van der Waals surface area contributed by atoms with E-state index in [9.17, 15) is 19.2 Å². The maximum Gasteiger partial charge on any atom is 0.373 e. The van der Waals surface area contributed by atoms with Crippen LogP contribution in [0.1, 0.15) is 144 Å². The van der Waals surface area contributed by atoms with Crippen LogP contribution in [-0.2, 0) is 67.1 Å². The normalized spacial score (nSPS) is 16.1. The Morgan fingerprint density at radius 1 is 0.508 bits per heavy atom. The van der Waals surface area contributed by atoms with Gasteiger partial charge in [-0.15, -0.1) is 12.4 Å². The number of nitrogens with one attached hydrogen (secondary N) is 2. The van der Waals surface area contributed by atoms with Gasteiger partial charge >= 0.3 is 6.15 Å². The van der Waals surface area contributed by atoms with E-state index in [0.717, 1.165) is 102 Å². The van der Waals surface area contributed by atoms with Gasteiger partial charge in [0.05, 0.1) is 54.7 Å². The van der Waals surface area contributed by atoms with Gasteiger partial charge in [-0.1, -0.05) is 287 Å². The summed E-state index contributed by atoms with van der Waals surface area (Å²) in [5.41, 5.74) is 12.8. The van der Waals surface area contributed by atoms with Crippen LogP contribution < -0.4 is 26.7 Å². The van der Waals surface area contributed by atoms with Gasteiger partial charge in [-0.05, 0) is 107 Å². The van der Waals surface area contributed by atoms with Crippen molar-refractivity contribution in [3.8, 4) is 22.8 Å². The van der Waals surface area contributed by atoms with Gasteiger partial charge in [-0.3, -0.25) is 33.2 Å². The molecule has 0 spiro atoms. The summed E-state index contributed by atoms with van der Waals surface area (Å²) >= 11 is 5.78. The first-order valence-electron chi connectivity index (χ1n) is 43.3. The van der Waals surface area contributed by atoms with Crippen LogP contribution in [0.2, 0.25) is 5.28 Å². The van der Waals surface area contributed by atoms with Crippen LogP contribution in [0.15, 0.2) is 332 Å². The predicted octanol–water partition coefficient (Wildman–Crippen LogP) is 17.7. The summed E-state index contributed by atoms with van der Waals surface area (Å²) in [6.07, 6.45) is 12.4. The minimum Gasteiger partial charge on any atom is -0.396 e. The molecule has 13 aromatic rings. The van der Waals surface area contributed by atoms with E-state index in [0.29, 0.717) is 80.1 Å². The number of aliphatic hydroxyl groups excluding tert-OH is 1. The first-order valence-corrected chi connectivity index (χ1v) is 43.7. The van der Waals surface area contributed by atoms with Crippen LogP contribution in [0.25, 0.3) is 22.8 Å². The summed E-state index contributed by atoms with van der Waals surface area (Å²) < 4.78 is 25.0. The number of Topliss-reactive ketones (excluding diaryl/α,β-unsaturated/α-hetero) is 1. The lowest BCUT2D eigenvalue weighted by atomic mass is 10.0. The van der Waals surface area contributed by atoms with Gasteiger partial charge in [-0.25, -0.2) is 29.9 Å². The number of hydrogen-bond donors (Lipinski definition) is 3.